The molecule has 4 heteroatoms. The van der Waals surface area contributed by atoms with E-state index >= 15 is 0 Å². The van der Waals surface area contributed by atoms with Gasteiger partial charge in [-0.2, -0.15) is 0 Å². The van der Waals surface area contributed by atoms with Gasteiger partial charge in [-0.05, 0) is 60.1 Å². The Morgan fingerprint density at radius 2 is 1.71 bits per heavy atom. The molecule has 2 N–H and O–H groups in total. The Hall–Kier alpha value is -2.62. The Morgan fingerprint density at radius 3 is 2.54 bits per heavy atom. The maximum atomic E-state index is 12.8. The molecule has 2 atom stereocenters. The first-order chi connectivity index (χ1) is 11.6. The fourth-order valence-corrected chi connectivity index (χ4v) is 3.99. The van der Waals surface area contributed by atoms with Gasteiger partial charge >= 0.3 is 5.97 Å². The summed E-state index contributed by atoms with van der Waals surface area (Å²) in [6.45, 7) is 0. The van der Waals surface area contributed by atoms with Crippen molar-refractivity contribution in [2.24, 2.45) is 0 Å². The SMILES string of the molecule is O=C(O)c1ccc2c(c1)[C@H](NC(=O)C1CCc3ccccc31)CC2. The predicted molar refractivity (Wildman–Crippen MR) is 90.1 cm³/mol. The highest BCUT2D eigenvalue weighted by Crippen LogP contribution is 2.36. The summed E-state index contributed by atoms with van der Waals surface area (Å²) in [6.07, 6.45) is 3.50. The third-order valence-corrected chi connectivity index (χ3v) is 5.24. The van der Waals surface area contributed by atoms with Crippen LogP contribution in [0.4, 0.5) is 0 Å². The summed E-state index contributed by atoms with van der Waals surface area (Å²) in [5.41, 5.74) is 4.76. The van der Waals surface area contributed by atoms with Gasteiger partial charge in [0, 0.05) is 0 Å². The minimum absolute atomic E-state index is 0.0542. The Labute approximate surface area is 140 Å². The molecule has 2 aromatic carbocycles. The normalized spacial score (nSPS) is 21.2. The molecule has 24 heavy (non-hydrogen) atoms. The van der Waals surface area contributed by atoms with Crippen LogP contribution in [0.25, 0.3) is 0 Å². The number of fused-ring (bicyclic) bond motifs is 2. The van der Waals surface area contributed by atoms with Gasteiger partial charge in [0.1, 0.15) is 0 Å². The van der Waals surface area contributed by atoms with E-state index in [-0.39, 0.29) is 23.4 Å². The lowest BCUT2D eigenvalue weighted by Gasteiger charge is -2.18. The average molecular weight is 321 g/mol. The summed E-state index contributed by atoms with van der Waals surface area (Å²) in [6, 6.07) is 13.3. The minimum Gasteiger partial charge on any atom is -0.478 e. The first kappa shape index (κ1) is 14.9. The number of nitrogens with one attached hydrogen (secondary N) is 1. The Bertz CT molecular complexity index is 827. The number of hydrogen-bond donors (Lipinski definition) is 2. The molecule has 2 aliphatic rings. The van der Waals surface area contributed by atoms with Crippen molar-refractivity contribution in [3.05, 3.63) is 70.3 Å². The maximum absolute atomic E-state index is 12.8. The quantitative estimate of drug-likeness (QED) is 0.912. The third kappa shape index (κ3) is 2.48. The number of carboxylic acids is 1. The van der Waals surface area contributed by atoms with E-state index in [0.29, 0.717) is 0 Å². The van der Waals surface area contributed by atoms with Gasteiger partial charge in [-0.25, -0.2) is 4.79 Å². The topological polar surface area (TPSA) is 66.4 Å². The predicted octanol–water partition coefficient (Wildman–Crippen LogP) is 3.22. The van der Waals surface area contributed by atoms with Crippen molar-refractivity contribution < 1.29 is 14.7 Å². The van der Waals surface area contributed by atoms with Crippen molar-refractivity contribution in [3.8, 4) is 0 Å². The van der Waals surface area contributed by atoms with E-state index in [4.69, 9.17) is 0 Å². The number of carboxylic acid groups (broad SMARTS) is 1. The monoisotopic (exact) mass is 321 g/mol. The molecule has 0 heterocycles. The van der Waals surface area contributed by atoms with Crippen LogP contribution in [0.15, 0.2) is 42.5 Å². The van der Waals surface area contributed by atoms with E-state index in [1.54, 1.807) is 12.1 Å². The minimum atomic E-state index is -0.931. The van der Waals surface area contributed by atoms with E-state index in [0.717, 1.165) is 42.4 Å². The Kier molecular flexibility index (Phi) is 3.60. The van der Waals surface area contributed by atoms with Gasteiger partial charge in [-0.1, -0.05) is 30.3 Å². The van der Waals surface area contributed by atoms with Crippen molar-refractivity contribution in [1.82, 2.24) is 5.32 Å². The lowest BCUT2D eigenvalue weighted by Crippen LogP contribution is -2.31. The highest BCUT2D eigenvalue weighted by molar-refractivity contribution is 5.88. The van der Waals surface area contributed by atoms with Crippen molar-refractivity contribution in [2.45, 2.75) is 37.6 Å². The Morgan fingerprint density at radius 1 is 0.958 bits per heavy atom. The lowest BCUT2D eigenvalue weighted by atomic mass is 9.99. The molecule has 0 aromatic heterocycles. The molecule has 0 bridgehead atoms. The molecule has 0 fully saturated rings. The zero-order chi connectivity index (χ0) is 16.7. The zero-order valence-corrected chi connectivity index (χ0v) is 13.3. The first-order valence-electron chi connectivity index (χ1n) is 8.38. The molecule has 2 aliphatic carbocycles. The molecule has 2 aromatic rings. The first-order valence-corrected chi connectivity index (χ1v) is 8.38. The Balaban J connectivity index is 1.55. The second kappa shape index (κ2) is 5.78. The number of benzene rings is 2. The standard InChI is InChI=1S/C20H19NO3/c22-19(16-9-7-12-3-1-2-4-15(12)16)21-18-10-8-13-5-6-14(20(23)24)11-17(13)18/h1-6,11,16,18H,7-10H2,(H,21,22)(H,23,24)/t16?,18-/m1/s1. The van der Waals surface area contributed by atoms with Crippen LogP contribution in [-0.4, -0.2) is 17.0 Å². The number of hydrogen-bond acceptors (Lipinski definition) is 2. The summed E-state index contributed by atoms with van der Waals surface area (Å²) in [5.74, 6) is -0.967. The van der Waals surface area contributed by atoms with Gasteiger partial charge in [-0.3, -0.25) is 4.79 Å². The van der Waals surface area contributed by atoms with Gasteiger partial charge < -0.3 is 10.4 Å². The molecule has 0 aliphatic heterocycles. The van der Waals surface area contributed by atoms with Crippen molar-refractivity contribution in [2.75, 3.05) is 0 Å². The molecule has 0 saturated heterocycles. The van der Waals surface area contributed by atoms with E-state index in [9.17, 15) is 14.7 Å². The largest absolute Gasteiger partial charge is 0.478 e. The van der Waals surface area contributed by atoms with Crippen LogP contribution in [0.3, 0.4) is 0 Å². The molecule has 0 radical (unpaired) electrons. The van der Waals surface area contributed by atoms with Gasteiger partial charge in [0.2, 0.25) is 5.91 Å². The van der Waals surface area contributed by atoms with Gasteiger partial charge in [0.15, 0.2) is 0 Å². The number of carbonyl (C=O) groups is 2. The highest BCUT2D eigenvalue weighted by Gasteiger charge is 2.31. The van der Waals surface area contributed by atoms with Crippen LogP contribution in [0.2, 0.25) is 0 Å². The van der Waals surface area contributed by atoms with Crippen LogP contribution in [0.5, 0.6) is 0 Å². The van der Waals surface area contributed by atoms with Crippen molar-refractivity contribution in [3.63, 3.8) is 0 Å². The summed E-state index contributed by atoms with van der Waals surface area (Å²) in [4.78, 5) is 24.0. The number of aromatic carboxylic acids is 1. The van der Waals surface area contributed by atoms with Crippen LogP contribution in [-0.2, 0) is 17.6 Å². The van der Waals surface area contributed by atoms with Crippen LogP contribution in [0.1, 0.15) is 57.4 Å². The maximum Gasteiger partial charge on any atom is 0.335 e. The second-order valence-electron chi connectivity index (χ2n) is 6.61. The fraction of sp³-hybridized carbons (Fsp3) is 0.300. The van der Waals surface area contributed by atoms with E-state index in [1.807, 2.05) is 24.3 Å². The van der Waals surface area contributed by atoms with Crippen molar-refractivity contribution in [1.29, 1.82) is 0 Å². The van der Waals surface area contributed by atoms with E-state index in [1.165, 1.54) is 5.56 Å². The average Bonchev–Trinajstić information content (AvgIpc) is 3.18. The van der Waals surface area contributed by atoms with Crippen LogP contribution < -0.4 is 5.32 Å². The summed E-state index contributed by atoms with van der Waals surface area (Å²) < 4.78 is 0. The molecular formula is C20H19NO3. The van der Waals surface area contributed by atoms with Crippen LogP contribution >= 0.6 is 0 Å². The molecule has 0 spiro atoms. The second-order valence-corrected chi connectivity index (χ2v) is 6.61. The molecule has 4 rings (SSSR count). The van der Waals surface area contributed by atoms with Gasteiger partial charge in [0.25, 0.3) is 0 Å². The van der Waals surface area contributed by atoms with Gasteiger partial charge in [0.05, 0.1) is 17.5 Å². The number of rotatable bonds is 3. The molecule has 122 valence electrons. The van der Waals surface area contributed by atoms with Crippen molar-refractivity contribution >= 4 is 11.9 Å². The summed E-state index contributed by atoms with van der Waals surface area (Å²) in [7, 11) is 0. The number of amides is 1. The molecule has 1 unspecified atom stereocenters. The molecule has 1 amide bonds. The lowest BCUT2D eigenvalue weighted by molar-refractivity contribution is -0.123. The molecule has 4 nitrogen and oxygen atoms in total. The number of aryl methyl sites for hydroxylation is 2. The summed E-state index contributed by atoms with van der Waals surface area (Å²) >= 11 is 0. The smallest absolute Gasteiger partial charge is 0.335 e. The number of carbonyl (C=O) groups excluding carboxylic acids is 1. The summed E-state index contributed by atoms with van der Waals surface area (Å²) in [5, 5.41) is 12.3. The highest BCUT2D eigenvalue weighted by atomic mass is 16.4. The van der Waals surface area contributed by atoms with Gasteiger partial charge in [-0.15, -0.1) is 0 Å². The zero-order valence-electron chi connectivity index (χ0n) is 13.3. The van der Waals surface area contributed by atoms with Crippen LogP contribution in [0, 0.1) is 0 Å². The van der Waals surface area contributed by atoms with E-state index < -0.39 is 5.97 Å². The van der Waals surface area contributed by atoms with E-state index in [2.05, 4.69) is 11.4 Å². The third-order valence-electron chi connectivity index (χ3n) is 5.24. The molecule has 0 saturated carbocycles. The fourth-order valence-electron chi connectivity index (χ4n) is 3.99. The molecular weight excluding hydrogens is 302 g/mol.